The summed E-state index contributed by atoms with van der Waals surface area (Å²) < 4.78 is 2.20. The highest BCUT2D eigenvalue weighted by molar-refractivity contribution is 6.36. The molecule has 4 aromatic rings. The van der Waals surface area contributed by atoms with Gasteiger partial charge in [0.25, 0.3) is 0 Å². The molecule has 3 aliphatic rings. The number of halogens is 1. The van der Waals surface area contributed by atoms with Crippen molar-refractivity contribution in [1.29, 1.82) is 0 Å². The first-order valence-electron chi connectivity index (χ1n) is 13.0. The molecule has 1 saturated carbocycles. The van der Waals surface area contributed by atoms with Crippen LogP contribution >= 0.6 is 11.6 Å². The molecule has 2 fully saturated rings. The fourth-order valence-electron chi connectivity index (χ4n) is 6.68. The summed E-state index contributed by atoms with van der Waals surface area (Å²) in [6.07, 6.45) is 9.65. The molecule has 38 heavy (non-hydrogen) atoms. The van der Waals surface area contributed by atoms with Gasteiger partial charge in [0, 0.05) is 72.0 Å². The normalized spacial score (nSPS) is 18.4. The molecular formula is C28H29ClN8O. The third-order valence-corrected chi connectivity index (χ3v) is 9.12. The Labute approximate surface area is 225 Å². The largest absolute Gasteiger partial charge is 0.350 e. The second kappa shape index (κ2) is 8.39. The van der Waals surface area contributed by atoms with Crippen LogP contribution in [0.5, 0.6) is 0 Å². The third kappa shape index (κ3) is 3.41. The van der Waals surface area contributed by atoms with E-state index >= 15 is 0 Å². The molecule has 0 atom stereocenters. The van der Waals surface area contributed by atoms with Crippen molar-refractivity contribution < 1.29 is 4.79 Å². The minimum atomic E-state index is 0.0199. The molecule has 3 aromatic heterocycles. The monoisotopic (exact) mass is 528 g/mol. The van der Waals surface area contributed by atoms with E-state index in [1.54, 1.807) is 6.33 Å². The number of aromatic amines is 1. The second-order valence-corrected chi connectivity index (χ2v) is 11.4. The van der Waals surface area contributed by atoms with Crippen molar-refractivity contribution in [2.45, 2.75) is 45.7 Å². The predicted octanol–water partition coefficient (Wildman–Crippen LogP) is 4.40. The maximum absolute atomic E-state index is 12.0. The Morgan fingerprint density at radius 2 is 2.05 bits per heavy atom. The number of rotatable bonds is 4. The lowest BCUT2D eigenvalue weighted by atomic mass is 9.60. The summed E-state index contributed by atoms with van der Waals surface area (Å²) in [5.74, 6) is 0.955. The van der Waals surface area contributed by atoms with Gasteiger partial charge >= 0.3 is 0 Å². The lowest BCUT2D eigenvalue weighted by Crippen LogP contribution is -2.63. The molecule has 194 valence electrons. The number of aromatic nitrogens is 6. The molecule has 0 radical (unpaired) electrons. The average Bonchev–Trinajstić information content (AvgIpc) is 3.47. The van der Waals surface area contributed by atoms with E-state index in [1.807, 2.05) is 30.3 Å². The van der Waals surface area contributed by atoms with Gasteiger partial charge in [-0.2, -0.15) is 10.2 Å². The minimum absolute atomic E-state index is 0.0199. The number of aryl methyl sites for hydroxylation is 1. The van der Waals surface area contributed by atoms with Gasteiger partial charge in [0.05, 0.1) is 28.5 Å². The van der Waals surface area contributed by atoms with Gasteiger partial charge in [-0.1, -0.05) is 18.2 Å². The van der Waals surface area contributed by atoms with Crippen LogP contribution < -0.4 is 4.90 Å². The Morgan fingerprint density at radius 3 is 2.84 bits per heavy atom. The number of H-pyrrole nitrogens is 1. The smallest absolute Gasteiger partial charge is 0.245 e. The quantitative estimate of drug-likeness (QED) is 0.394. The molecule has 1 aromatic carbocycles. The number of likely N-dealkylation sites (tertiary alicyclic amines) is 1. The van der Waals surface area contributed by atoms with Gasteiger partial charge in [-0.05, 0) is 44.4 Å². The van der Waals surface area contributed by atoms with Gasteiger partial charge in [0.15, 0.2) is 5.82 Å². The van der Waals surface area contributed by atoms with Gasteiger partial charge < -0.3 is 9.80 Å². The third-order valence-electron chi connectivity index (χ3n) is 8.63. The summed E-state index contributed by atoms with van der Waals surface area (Å²) in [4.78, 5) is 25.0. The van der Waals surface area contributed by atoms with Crippen LogP contribution in [0, 0.1) is 19.3 Å². The predicted molar refractivity (Wildman–Crippen MR) is 146 cm³/mol. The summed E-state index contributed by atoms with van der Waals surface area (Å²) in [7, 11) is 0. The highest BCUT2D eigenvalue weighted by Gasteiger charge is 2.54. The zero-order valence-electron chi connectivity index (χ0n) is 21.5. The second-order valence-electron chi connectivity index (χ2n) is 11.1. The fourth-order valence-corrected chi connectivity index (χ4v) is 6.94. The van der Waals surface area contributed by atoms with Crippen LogP contribution in [0.15, 0.2) is 37.4 Å². The van der Waals surface area contributed by atoms with E-state index in [0.717, 1.165) is 94.3 Å². The number of carbonyl (C=O) groups is 1. The number of carbonyl (C=O) groups excluding carboxylic acids is 1. The maximum Gasteiger partial charge on any atom is 0.245 e. The Balaban J connectivity index is 1.30. The van der Waals surface area contributed by atoms with E-state index < -0.39 is 0 Å². The molecule has 0 bridgehead atoms. The average molecular weight is 529 g/mol. The number of benzene rings is 1. The Bertz CT molecular complexity index is 1610. The van der Waals surface area contributed by atoms with Crippen LogP contribution in [-0.2, 0) is 17.8 Å². The number of nitrogens with one attached hydrogen (secondary N) is 1. The molecule has 10 heteroatoms. The lowest BCUT2D eigenvalue weighted by molar-refractivity contribution is -0.149. The van der Waals surface area contributed by atoms with Crippen molar-refractivity contribution in [2.24, 2.45) is 5.41 Å². The summed E-state index contributed by atoms with van der Waals surface area (Å²) in [5, 5.41) is 14.4. The van der Waals surface area contributed by atoms with Crippen LogP contribution in [0.25, 0.3) is 22.0 Å². The molecule has 1 amide bonds. The Kier molecular flexibility index (Phi) is 5.17. The van der Waals surface area contributed by atoms with Gasteiger partial charge in [0.2, 0.25) is 5.91 Å². The molecule has 1 spiro atoms. The van der Waals surface area contributed by atoms with Crippen molar-refractivity contribution >= 4 is 34.2 Å². The number of hydrogen-bond acceptors (Lipinski definition) is 6. The molecule has 7 rings (SSSR count). The standard InChI is InChI=1S/C28H29ClN8O/c1-4-23(38)36-13-28(14-36)8-19(9-28)37-17(3)24(25-20-11-32-33-22(20)7-16(2)26(25)29)27(34-37)35-6-5-21-18(12-35)10-30-15-31-21/h4,7,10-11,15,19H,1,5-6,8-9,12-14H2,2-3H3,(H,32,33). The molecule has 1 N–H and O–H groups in total. The minimum Gasteiger partial charge on any atom is -0.350 e. The van der Waals surface area contributed by atoms with Crippen molar-refractivity contribution in [3.63, 3.8) is 0 Å². The molecular weight excluding hydrogens is 500 g/mol. The van der Waals surface area contributed by atoms with E-state index in [-0.39, 0.29) is 17.4 Å². The van der Waals surface area contributed by atoms with Gasteiger partial charge in [-0.25, -0.2) is 9.97 Å². The lowest BCUT2D eigenvalue weighted by Gasteiger charge is -2.58. The van der Waals surface area contributed by atoms with E-state index in [9.17, 15) is 4.79 Å². The van der Waals surface area contributed by atoms with Crippen molar-refractivity contribution in [2.75, 3.05) is 24.5 Å². The molecule has 2 aliphatic heterocycles. The van der Waals surface area contributed by atoms with Crippen LogP contribution in [0.4, 0.5) is 5.82 Å². The number of hydrogen-bond donors (Lipinski definition) is 1. The SMILES string of the molecule is C=CC(=O)N1CC2(CC(n3nc(N4CCc5ncncc5C4)c(-c4c(Cl)c(C)cc5[nH]ncc45)c3C)C2)C1. The van der Waals surface area contributed by atoms with Crippen LogP contribution in [0.2, 0.25) is 5.02 Å². The van der Waals surface area contributed by atoms with E-state index in [4.69, 9.17) is 16.7 Å². The summed E-state index contributed by atoms with van der Waals surface area (Å²) in [6.45, 7) is 10.9. The first-order valence-corrected chi connectivity index (χ1v) is 13.4. The molecule has 1 saturated heterocycles. The topological polar surface area (TPSA) is 95.8 Å². The van der Waals surface area contributed by atoms with Gasteiger partial charge in [-0.3, -0.25) is 14.6 Å². The Hall–Kier alpha value is -3.72. The van der Waals surface area contributed by atoms with Crippen LogP contribution in [0.1, 0.15) is 41.4 Å². The molecule has 0 unspecified atom stereocenters. The summed E-state index contributed by atoms with van der Waals surface area (Å²) in [5.41, 5.74) is 7.52. The van der Waals surface area contributed by atoms with E-state index in [2.05, 4.69) is 43.2 Å². The van der Waals surface area contributed by atoms with Crippen LogP contribution in [-0.4, -0.2) is 60.4 Å². The van der Waals surface area contributed by atoms with Crippen LogP contribution in [0.3, 0.4) is 0 Å². The highest BCUT2D eigenvalue weighted by atomic mass is 35.5. The zero-order valence-corrected chi connectivity index (χ0v) is 22.3. The van der Waals surface area contributed by atoms with Gasteiger partial charge in [0.1, 0.15) is 6.33 Å². The first kappa shape index (κ1) is 23.4. The van der Waals surface area contributed by atoms with Gasteiger partial charge in [-0.15, -0.1) is 0 Å². The van der Waals surface area contributed by atoms with E-state index in [0.29, 0.717) is 6.54 Å². The first-order chi connectivity index (χ1) is 18.4. The molecule has 1 aliphatic carbocycles. The number of amides is 1. The Morgan fingerprint density at radius 1 is 1.24 bits per heavy atom. The summed E-state index contributed by atoms with van der Waals surface area (Å²) in [6, 6.07) is 2.33. The highest BCUT2D eigenvalue weighted by Crippen LogP contribution is 2.55. The molecule has 9 nitrogen and oxygen atoms in total. The van der Waals surface area contributed by atoms with E-state index in [1.165, 1.54) is 6.08 Å². The van der Waals surface area contributed by atoms with Crippen molar-refractivity contribution in [1.82, 2.24) is 34.8 Å². The number of fused-ring (bicyclic) bond motifs is 2. The number of anilines is 1. The number of nitrogens with zero attached hydrogens (tertiary/aromatic N) is 7. The zero-order chi connectivity index (χ0) is 26.2. The van der Waals surface area contributed by atoms with Crippen molar-refractivity contribution in [3.05, 3.63) is 65.0 Å². The van der Waals surface area contributed by atoms with Crippen molar-refractivity contribution in [3.8, 4) is 11.1 Å². The molecule has 5 heterocycles. The fraction of sp³-hybridized carbons (Fsp3) is 0.393. The maximum atomic E-state index is 12.0. The summed E-state index contributed by atoms with van der Waals surface area (Å²) >= 11 is 7.04.